The van der Waals surface area contributed by atoms with Crippen LogP contribution >= 0.6 is 0 Å². The Morgan fingerprint density at radius 1 is 1.50 bits per heavy atom. The first-order chi connectivity index (χ1) is 6.59. The van der Waals surface area contributed by atoms with Crippen molar-refractivity contribution in [3.8, 4) is 5.75 Å². The number of benzene rings is 1. The molecule has 0 heterocycles. The number of aliphatic hydroxyl groups is 1. The third kappa shape index (κ3) is 3.00. The number of rotatable bonds is 4. The SMILES string of the molecule is NC(O)COc1ccc([N+](=O)[O-])cc1. The van der Waals surface area contributed by atoms with E-state index in [1.807, 2.05) is 0 Å². The summed E-state index contributed by atoms with van der Waals surface area (Å²) in [6.45, 7) is -0.0438. The predicted octanol–water partition coefficient (Wildman–Crippen LogP) is 0.251. The fourth-order valence-electron chi connectivity index (χ4n) is 0.846. The van der Waals surface area contributed by atoms with Gasteiger partial charge < -0.3 is 15.6 Å². The van der Waals surface area contributed by atoms with Gasteiger partial charge in [-0.1, -0.05) is 0 Å². The molecule has 0 saturated heterocycles. The fraction of sp³-hybridized carbons (Fsp3) is 0.250. The van der Waals surface area contributed by atoms with Crippen LogP contribution in [0.4, 0.5) is 5.69 Å². The lowest BCUT2D eigenvalue weighted by atomic mass is 10.3. The van der Waals surface area contributed by atoms with Crippen molar-refractivity contribution >= 4 is 5.69 Å². The summed E-state index contributed by atoms with van der Waals surface area (Å²) in [7, 11) is 0. The Balaban J connectivity index is 2.60. The van der Waals surface area contributed by atoms with Crippen molar-refractivity contribution in [2.75, 3.05) is 6.61 Å². The number of ether oxygens (including phenoxy) is 1. The number of aliphatic hydroxyl groups excluding tert-OH is 1. The molecule has 1 aromatic rings. The van der Waals surface area contributed by atoms with E-state index in [4.69, 9.17) is 15.6 Å². The maximum Gasteiger partial charge on any atom is 0.269 e. The summed E-state index contributed by atoms with van der Waals surface area (Å²) in [6.07, 6.45) is -1.05. The molecule has 0 amide bonds. The molecule has 3 N–H and O–H groups in total. The second kappa shape index (κ2) is 4.54. The van der Waals surface area contributed by atoms with Crippen molar-refractivity contribution in [2.45, 2.75) is 6.23 Å². The Hall–Kier alpha value is -1.66. The van der Waals surface area contributed by atoms with Gasteiger partial charge in [0, 0.05) is 12.1 Å². The maximum absolute atomic E-state index is 10.3. The fourth-order valence-corrected chi connectivity index (χ4v) is 0.846. The summed E-state index contributed by atoms with van der Waals surface area (Å²) in [5, 5.41) is 19.0. The molecular weight excluding hydrogens is 188 g/mol. The van der Waals surface area contributed by atoms with Crippen LogP contribution < -0.4 is 10.5 Å². The first-order valence-corrected chi connectivity index (χ1v) is 3.90. The van der Waals surface area contributed by atoms with E-state index < -0.39 is 11.2 Å². The number of nitrogens with two attached hydrogens (primary N) is 1. The molecule has 76 valence electrons. The van der Waals surface area contributed by atoms with E-state index >= 15 is 0 Å². The highest BCUT2D eigenvalue weighted by Crippen LogP contribution is 2.16. The molecule has 14 heavy (non-hydrogen) atoms. The lowest BCUT2D eigenvalue weighted by Crippen LogP contribution is -2.26. The van der Waals surface area contributed by atoms with Gasteiger partial charge in [-0.25, -0.2) is 0 Å². The van der Waals surface area contributed by atoms with E-state index in [9.17, 15) is 10.1 Å². The molecule has 1 aromatic carbocycles. The molecule has 0 aliphatic rings. The Bertz CT molecular complexity index is 310. The van der Waals surface area contributed by atoms with Gasteiger partial charge >= 0.3 is 0 Å². The van der Waals surface area contributed by atoms with Crippen LogP contribution in [0.3, 0.4) is 0 Å². The molecule has 0 aliphatic heterocycles. The summed E-state index contributed by atoms with van der Waals surface area (Å²) >= 11 is 0. The van der Waals surface area contributed by atoms with E-state index in [0.717, 1.165) is 0 Å². The quantitative estimate of drug-likeness (QED) is 0.410. The smallest absolute Gasteiger partial charge is 0.269 e. The number of hydrogen-bond donors (Lipinski definition) is 2. The van der Waals surface area contributed by atoms with Crippen LogP contribution in [0.1, 0.15) is 0 Å². The third-order valence-electron chi connectivity index (χ3n) is 1.47. The van der Waals surface area contributed by atoms with Gasteiger partial charge in [-0.2, -0.15) is 0 Å². The summed E-state index contributed by atoms with van der Waals surface area (Å²) in [5.41, 5.74) is 5.03. The number of hydrogen-bond acceptors (Lipinski definition) is 5. The molecule has 1 atom stereocenters. The predicted molar refractivity (Wildman–Crippen MR) is 48.8 cm³/mol. The normalized spacial score (nSPS) is 12.1. The van der Waals surface area contributed by atoms with Crippen LogP contribution in [0.25, 0.3) is 0 Å². The average molecular weight is 198 g/mol. The van der Waals surface area contributed by atoms with Crippen LogP contribution in [0.2, 0.25) is 0 Å². The second-order valence-corrected chi connectivity index (χ2v) is 2.63. The zero-order valence-electron chi connectivity index (χ0n) is 7.29. The summed E-state index contributed by atoms with van der Waals surface area (Å²) in [5.74, 6) is 0.431. The number of nitro benzene ring substituents is 1. The van der Waals surface area contributed by atoms with Crippen molar-refractivity contribution in [3.63, 3.8) is 0 Å². The third-order valence-corrected chi connectivity index (χ3v) is 1.47. The highest BCUT2D eigenvalue weighted by molar-refractivity contribution is 5.35. The molecule has 0 spiro atoms. The van der Waals surface area contributed by atoms with Gasteiger partial charge in [0.15, 0.2) is 0 Å². The standard InChI is InChI=1S/C8H10N2O4/c9-8(11)5-14-7-3-1-6(2-4-7)10(12)13/h1-4,8,11H,5,9H2. The minimum atomic E-state index is -1.05. The Morgan fingerprint density at radius 2 is 2.07 bits per heavy atom. The van der Waals surface area contributed by atoms with Gasteiger partial charge in [-0.05, 0) is 12.1 Å². The van der Waals surface area contributed by atoms with Crippen molar-refractivity contribution in [1.82, 2.24) is 0 Å². The lowest BCUT2D eigenvalue weighted by Gasteiger charge is -2.06. The minimum Gasteiger partial charge on any atom is -0.489 e. The molecule has 1 rings (SSSR count). The molecule has 0 aromatic heterocycles. The summed E-state index contributed by atoms with van der Waals surface area (Å²) in [6, 6.07) is 5.53. The lowest BCUT2D eigenvalue weighted by molar-refractivity contribution is -0.384. The van der Waals surface area contributed by atoms with Crippen LogP contribution in [0.5, 0.6) is 5.75 Å². The first kappa shape index (κ1) is 10.4. The summed E-state index contributed by atoms with van der Waals surface area (Å²) in [4.78, 5) is 9.78. The number of non-ortho nitro benzene ring substituents is 1. The average Bonchev–Trinajstić information content (AvgIpc) is 2.15. The van der Waals surface area contributed by atoms with Gasteiger partial charge in [-0.3, -0.25) is 10.1 Å². The van der Waals surface area contributed by atoms with Crippen molar-refractivity contribution in [2.24, 2.45) is 5.73 Å². The van der Waals surface area contributed by atoms with Gasteiger partial charge in [0.2, 0.25) is 0 Å². The molecule has 6 nitrogen and oxygen atoms in total. The highest BCUT2D eigenvalue weighted by Gasteiger charge is 2.04. The van der Waals surface area contributed by atoms with E-state index in [2.05, 4.69) is 0 Å². The second-order valence-electron chi connectivity index (χ2n) is 2.63. The molecule has 0 fully saturated rings. The molecule has 1 unspecified atom stereocenters. The highest BCUT2D eigenvalue weighted by atomic mass is 16.6. The number of nitrogens with zero attached hydrogens (tertiary/aromatic N) is 1. The maximum atomic E-state index is 10.3. The van der Waals surface area contributed by atoms with E-state index in [0.29, 0.717) is 5.75 Å². The zero-order valence-corrected chi connectivity index (χ0v) is 7.29. The Kier molecular flexibility index (Phi) is 3.38. The molecule has 0 radical (unpaired) electrons. The first-order valence-electron chi connectivity index (χ1n) is 3.90. The molecule has 0 saturated carbocycles. The zero-order chi connectivity index (χ0) is 10.6. The van der Waals surface area contributed by atoms with Gasteiger partial charge in [0.05, 0.1) is 4.92 Å². The van der Waals surface area contributed by atoms with Crippen molar-refractivity contribution in [1.29, 1.82) is 0 Å². The van der Waals surface area contributed by atoms with Crippen LogP contribution in [0, 0.1) is 10.1 Å². The summed E-state index contributed by atoms with van der Waals surface area (Å²) < 4.78 is 5.00. The molecule has 6 heteroatoms. The topological polar surface area (TPSA) is 98.6 Å². The molecule has 0 aliphatic carbocycles. The monoisotopic (exact) mass is 198 g/mol. The Labute approximate surface area is 80.1 Å². The Morgan fingerprint density at radius 3 is 2.50 bits per heavy atom. The van der Waals surface area contributed by atoms with Crippen LogP contribution in [-0.4, -0.2) is 22.9 Å². The molecular formula is C8H10N2O4. The van der Waals surface area contributed by atoms with Crippen LogP contribution in [-0.2, 0) is 0 Å². The largest absolute Gasteiger partial charge is 0.489 e. The van der Waals surface area contributed by atoms with Gasteiger partial charge in [0.1, 0.15) is 18.6 Å². The number of nitro groups is 1. The van der Waals surface area contributed by atoms with E-state index in [1.165, 1.54) is 24.3 Å². The van der Waals surface area contributed by atoms with E-state index in [-0.39, 0.29) is 12.3 Å². The van der Waals surface area contributed by atoms with Gasteiger partial charge in [0.25, 0.3) is 5.69 Å². The van der Waals surface area contributed by atoms with E-state index in [1.54, 1.807) is 0 Å². The minimum absolute atomic E-state index is 0.00866. The van der Waals surface area contributed by atoms with Crippen molar-refractivity contribution < 1.29 is 14.8 Å². The van der Waals surface area contributed by atoms with Crippen molar-refractivity contribution in [3.05, 3.63) is 34.4 Å². The molecule has 0 bridgehead atoms. The van der Waals surface area contributed by atoms with Gasteiger partial charge in [-0.15, -0.1) is 0 Å². The van der Waals surface area contributed by atoms with Crippen LogP contribution in [0.15, 0.2) is 24.3 Å².